The number of nitrogens with one attached hydrogen (secondary N) is 3. The topological polar surface area (TPSA) is 103 Å². The van der Waals surface area contributed by atoms with Gasteiger partial charge in [-0.1, -0.05) is 6.58 Å². The summed E-state index contributed by atoms with van der Waals surface area (Å²) in [4.78, 5) is 37.8. The molecule has 0 aliphatic carbocycles. The van der Waals surface area contributed by atoms with Crippen molar-refractivity contribution in [3.05, 3.63) is 30.6 Å². The first-order chi connectivity index (χ1) is 12.0. The van der Waals surface area contributed by atoms with Gasteiger partial charge < -0.3 is 20.5 Å². The van der Waals surface area contributed by atoms with Gasteiger partial charge in [0.25, 0.3) is 5.91 Å². The molecule has 3 rings (SSSR count). The van der Waals surface area contributed by atoms with Crippen LogP contribution in [0.25, 0.3) is 11.2 Å². The SMILES string of the molecule is C=CC(=O)N[C@H]1CCN(c2cnc3[nH]cc(C(=O)NC(C)C)c3n2)C1. The third-order valence-electron chi connectivity index (χ3n) is 4.08. The number of nitrogens with zero attached hydrogens (tertiary/aromatic N) is 3. The van der Waals surface area contributed by atoms with Crippen LogP contribution >= 0.6 is 0 Å². The van der Waals surface area contributed by atoms with Crippen molar-refractivity contribution in [2.75, 3.05) is 18.0 Å². The van der Waals surface area contributed by atoms with Crippen LogP contribution in [0.2, 0.25) is 0 Å². The summed E-state index contributed by atoms with van der Waals surface area (Å²) in [5.41, 5.74) is 1.61. The first kappa shape index (κ1) is 16.9. The fraction of sp³-hybridized carbons (Fsp3) is 0.412. The van der Waals surface area contributed by atoms with Gasteiger partial charge in [0, 0.05) is 31.4 Å². The third-order valence-corrected chi connectivity index (χ3v) is 4.08. The lowest BCUT2D eigenvalue weighted by Gasteiger charge is -2.17. The molecule has 1 aliphatic rings. The van der Waals surface area contributed by atoms with E-state index in [0.717, 1.165) is 13.0 Å². The molecule has 1 atom stereocenters. The van der Waals surface area contributed by atoms with E-state index >= 15 is 0 Å². The molecule has 3 heterocycles. The Bertz CT molecular complexity index is 813. The Kier molecular flexibility index (Phi) is 4.69. The Hall–Kier alpha value is -2.90. The van der Waals surface area contributed by atoms with E-state index in [2.05, 4.69) is 37.1 Å². The van der Waals surface area contributed by atoms with Gasteiger partial charge in [-0.05, 0) is 26.3 Å². The molecule has 3 N–H and O–H groups in total. The van der Waals surface area contributed by atoms with E-state index in [1.807, 2.05) is 13.8 Å². The monoisotopic (exact) mass is 342 g/mol. The van der Waals surface area contributed by atoms with Crippen molar-refractivity contribution in [2.45, 2.75) is 32.4 Å². The van der Waals surface area contributed by atoms with Gasteiger partial charge >= 0.3 is 0 Å². The van der Waals surface area contributed by atoms with Crippen molar-refractivity contribution in [1.82, 2.24) is 25.6 Å². The minimum absolute atomic E-state index is 0.0430. The second-order valence-corrected chi connectivity index (χ2v) is 6.40. The summed E-state index contributed by atoms with van der Waals surface area (Å²) < 4.78 is 0. The van der Waals surface area contributed by atoms with Gasteiger partial charge in [0.15, 0.2) is 5.65 Å². The number of carbonyl (C=O) groups excluding carboxylic acids is 2. The Balaban J connectivity index is 1.80. The van der Waals surface area contributed by atoms with E-state index in [0.29, 0.717) is 29.1 Å². The van der Waals surface area contributed by atoms with E-state index in [-0.39, 0.29) is 23.9 Å². The maximum atomic E-state index is 12.3. The summed E-state index contributed by atoms with van der Waals surface area (Å²) in [6, 6.07) is 0.0966. The van der Waals surface area contributed by atoms with E-state index in [4.69, 9.17) is 0 Å². The summed E-state index contributed by atoms with van der Waals surface area (Å²) in [6.45, 7) is 8.70. The minimum Gasteiger partial charge on any atom is -0.353 e. The van der Waals surface area contributed by atoms with Crippen LogP contribution in [-0.2, 0) is 4.79 Å². The van der Waals surface area contributed by atoms with Crippen LogP contribution in [0.15, 0.2) is 25.0 Å². The smallest absolute Gasteiger partial charge is 0.255 e. The molecule has 2 aromatic heterocycles. The lowest BCUT2D eigenvalue weighted by molar-refractivity contribution is -0.117. The number of aromatic amines is 1. The van der Waals surface area contributed by atoms with Gasteiger partial charge in [-0.3, -0.25) is 9.59 Å². The molecule has 0 saturated carbocycles. The van der Waals surface area contributed by atoms with E-state index < -0.39 is 0 Å². The highest BCUT2D eigenvalue weighted by molar-refractivity contribution is 6.04. The molecule has 0 radical (unpaired) electrons. The number of carbonyl (C=O) groups is 2. The summed E-state index contributed by atoms with van der Waals surface area (Å²) in [7, 11) is 0. The zero-order chi connectivity index (χ0) is 18.0. The lowest BCUT2D eigenvalue weighted by Crippen LogP contribution is -2.36. The summed E-state index contributed by atoms with van der Waals surface area (Å²) in [5.74, 6) is 0.345. The highest BCUT2D eigenvalue weighted by Gasteiger charge is 2.25. The van der Waals surface area contributed by atoms with Crippen LogP contribution in [0.4, 0.5) is 5.82 Å². The highest BCUT2D eigenvalue weighted by Crippen LogP contribution is 2.22. The number of aromatic nitrogens is 3. The lowest BCUT2D eigenvalue weighted by atomic mass is 10.2. The van der Waals surface area contributed by atoms with Gasteiger partial charge in [-0.15, -0.1) is 0 Å². The summed E-state index contributed by atoms with van der Waals surface area (Å²) >= 11 is 0. The zero-order valence-electron chi connectivity index (χ0n) is 14.4. The minimum atomic E-state index is -0.176. The number of anilines is 1. The predicted molar refractivity (Wildman–Crippen MR) is 95.4 cm³/mol. The first-order valence-corrected chi connectivity index (χ1v) is 8.30. The van der Waals surface area contributed by atoms with E-state index in [1.165, 1.54) is 6.08 Å². The second-order valence-electron chi connectivity index (χ2n) is 6.40. The molecule has 25 heavy (non-hydrogen) atoms. The fourth-order valence-corrected chi connectivity index (χ4v) is 2.89. The number of hydrogen-bond donors (Lipinski definition) is 3. The Morgan fingerprint density at radius 3 is 3.00 bits per heavy atom. The molecular formula is C17H22N6O2. The number of fused-ring (bicyclic) bond motifs is 1. The van der Waals surface area contributed by atoms with Crippen molar-refractivity contribution in [3.8, 4) is 0 Å². The number of hydrogen-bond acceptors (Lipinski definition) is 5. The molecule has 8 heteroatoms. The van der Waals surface area contributed by atoms with Crippen molar-refractivity contribution < 1.29 is 9.59 Å². The van der Waals surface area contributed by atoms with Crippen molar-refractivity contribution in [3.63, 3.8) is 0 Å². The Morgan fingerprint density at radius 1 is 1.48 bits per heavy atom. The van der Waals surface area contributed by atoms with Crippen LogP contribution in [0.3, 0.4) is 0 Å². The van der Waals surface area contributed by atoms with Crippen LogP contribution in [0, 0.1) is 0 Å². The molecule has 0 unspecified atom stereocenters. The van der Waals surface area contributed by atoms with Gasteiger partial charge in [0.05, 0.1) is 11.8 Å². The quantitative estimate of drug-likeness (QED) is 0.703. The zero-order valence-corrected chi connectivity index (χ0v) is 14.4. The molecule has 0 aromatic carbocycles. The Morgan fingerprint density at radius 2 is 2.28 bits per heavy atom. The molecular weight excluding hydrogens is 320 g/mol. The number of amides is 2. The molecule has 0 spiro atoms. The maximum Gasteiger partial charge on any atom is 0.255 e. The number of rotatable bonds is 5. The predicted octanol–water partition coefficient (Wildman–Crippen LogP) is 0.977. The molecule has 1 fully saturated rings. The maximum absolute atomic E-state index is 12.3. The van der Waals surface area contributed by atoms with E-state index in [9.17, 15) is 9.59 Å². The fourth-order valence-electron chi connectivity index (χ4n) is 2.89. The molecule has 1 aliphatic heterocycles. The van der Waals surface area contributed by atoms with Crippen LogP contribution in [-0.4, -0.2) is 51.9 Å². The largest absolute Gasteiger partial charge is 0.353 e. The average Bonchev–Trinajstić information content (AvgIpc) is 3.20. The van der Waals surface area contributed by atoms with Gasteiger partial charge in [-0.25, -0.2) is 9.97 Å². The molecule has 2 amide bonds. The van der Waals surface area contributed by atoms with Crippen molar-refractivity contribution >= 4 is 28.8 Å². The molecule has 1 saturated heterocycles. The summed E-state index contributed by atoms with van der Waals surface area (Å²) in [6.07, 6.45) is 5.41. The van der Waals surface area contributed by atoms with E-state index in [1.54, 1.807) is 12.4 Å². The van der Waals surface area contributed by atoms with Crippen LogP contribution in [0.5, 0.6) is 0 Å². The number of H-pyrrole nitrogens is 1. The standard InChI is InChI=1S/C17H22N6O2/c1-4-14(24)21-11-5-6-23(9-11)13-8-19-16-15(22-13)12(7-18-16)17(25)20-10(2)3/h4,7-8,10-11H,1,5-6,9H2,2-3H3,(H,18,19)(H,20,25)(H,21,24)/t11-/m0/s1. The second kappa shape index (κ2) is 6.92. The van der Waals surface area contributed by atoms with Gasteiger partial charge in [-0.2, -0.15) is 0 Å². The summed E-state index contributed by atoms with van der Waals surface area (Å²) in [5, 5.41) is 5.76. The highest BCUT2D eigenvalue weighted by atomic mass is 16.2. The molecule has 132 valence electrons. The molecule has 8 nitrogen and oxygen atoms in total. The van der Waals surface area contributed by atoms with Crippen molar-refractivity contribution in [1.29, 1.82) is 0 Å². The van der Waals surface area contributed by atoms with Crippen LogP contribution < -0.4 is 15.5 Å². The van der Waals surface area contributed by atoms with Gasteiger partial charge in [0.2, 0.25) is 5.91 Å². The van der Waals surface area contributed by atoms with Crippen LogP contribution in [0.1, 0.15) is 30.6 Å². The van der Waals surface area contributed by atoms with Crippen molar-refractivity contribution in [2.24, 2.45) is 0 Å². The Labute approximate surface area is 145 Å². The average molecular weight is 342 g/mol. The molecule has 2 aromatic rings. The third kappa shape index (κ3) is 3.62. The van der Waals surface area contributed by atoms with Gasteiger partial charge in [0.1, 0.15) is 11.3 Å². The normalized spacial score (nSPS) is 17.1. The first-order valence-electron chi connectivity index (χ1n) is 8.30. The molecule has 0 bridgehead atoms.